The van der Waals surface area contributed by atoms with Gasteiger partial charge in [0.05, 0.1) is 0 Å². The molecule has 1 aromatic carbocycles. The van der Waals surface area contributed by atoms with Crippen LogP contribution in [0.3, 0.4) is 0 Å². The highest BCUT2D eigenvalue weighted by Gasteiger charge is 2.33. The average molecular weight is 253 g/mol. The molecule has 1 aliphatic rings. The van der Waals surface area contributed by atoms with Gasteiger partial charge in [0, 0.05) is 6.04 Å². The lowest BCUT2D eigenvalue weighted by molar-refractivity contribution is 0.216. The highest BCUT2D eigenvalue weighted by Crippen LogP contribution is 2.38. The van der Waals surface area contributed by atoms with Crippen LogP contribution in [-0.4, -0.2) is 6.04 Å². The monoisotopic (exact) mass is 253 g/mol. The fraction of sp³-hybridized carbons (Fsp3) is 0.600. The molecule has 1 saturated carbocycles. The van der Waals surface area contributed by atoms with Crippen LogP contribution < -0.4 is 5.32 Å². The summed E-state index contributed by atoms with van der Waals surface area (Å²) in [4.78, 5) is 0. The SMILES string of the molecule is Cc1ccc(F)c(NC2CCCCC2(C)C)c1F. The van der Waals surface area contributed by atoms with E-state index >= 15 is 0 Å². The highest BCUT2D eigenvalue weighted by molar-refractivity contribution is 5.50. The summed E-state index contributed by atoms with van der Waals surface area (Å²) in [5.41, 5.74) is 0.600. The van der Waals surface area contributed by atoms with Crippen molar-refractivity contribution in [1.29, 1.82) is 0 Å². The van der Waals surface area contributed by atoms with E-state index < -0.39 is 11.6 Å². The molecule has 1 aliphatic carbocycles. The van der Waals surface area contributed by atoms with E-state index in [1.165, 1.54) is 18.6 Å². The van der Waals surface area contributed by atoms with Gasteiger partial charge in [0.25, 0.3) is 0 Å². The van der Waals surface area contributed by atoms with Crippen molar-refractivity contribution in [2.24, 2.45) is 5.41 Å². The topological polar surface area (TPSA) is 12.0 Å². The lowest BCUT2D eigenvalue weighted by atomic mass is 9.73. The predicted octanol–water partition coefficient (Wildman–Crippen LogP) is 4.65. The van der Waals surface area contributed by atoms with E-state index in [-0.39, 0.29) is 17.1 Å². The molecule has 0 amide bonds. The first kappa shape index (κ1) is 13.3. The Morgan fingerprint density at radius 1 is 1.22 bits per heavy atom. The zero-order valence-corrected chi connectivity index (χ0v) is 11.3. The summed E-state index contributed by atoms with van der Waals surface area (Å²) >= 11 is 0. The Hall–Kier alpha value is -1.12. The lowest BCUT2D eigenvalue weighted by Crippen LogP contribution is -2.39. The van der Waals surface area contributed by atoms with Crippen molar-refractivity contribution < 1.29 is 8.78 Å². The molecule has 1 nitrogen and oxygen atoms in total. The zero-order chi connectivity index (χ0) is 13.3. The quantitative estimate of drug-likeness (QED) is 0.808. The van der Waals surface area contributed by atoms with E-state index in [0.29, 0.717) is 5.56 Å². The van der Waals surface area contributed by atoms with Gasteiger partial charge in [-0.1, -0.05) is 32.8 Å². The van der Waals surface area contributed by atoms with Crippen LogP contribution in [0.1, 0.15) is 45.1 Å². The maximum absolute atomic E-state index is 14.0. The Bertz CT molecular complexity index is 440. The van der Waals surface area contributed by atoms with Crippen LogP contribution in [0.5, 0.6) is 0 Å². The molecule has 1 fully saturated rings. The summed E-state index contributed by atoms with van der Waals surface area (Å²) in [5, 5.41) is 3.10. The van der Waals surface area contributed by atoms with Crippen molar-refractivity contribution in [3.8, 4) is 0 Å². The van der Waals surface area contributed by atoms with Crippen molar-refractivity contribution >= 4 is 5.69 Å². The van der Waals surface area contributed by atoms with Crippen LogP contribution in [0.4, 0.5) is 14.5 Å². The normalized spacial score (nSPS) is 22.8. The van der Waals surface area contributed by atoms with Crippen molar-refractivity contribution in [2.45, 2.75) is 52.5 Å². The van der Waals surface area contributed by atoms with Crippen LogP contribution in [0.15, 0.2) is 12.1 Å². The number of benzene rings is 1. The van der Waals surface area contributed by atoms with Crippen molar-refractivity contribution in [3.05, 3.63) is 29.3 Å². The summed E-state index contributed by atoms with van der Waals surface area (Å²) in [6.07, 6.45) is 4.39. The Morgan fingerprint density at radius 2 is 1.94 bits per heavy atom. The minimum absolute atomic E-state index is 0.0370. The molecule has 0 spiro atoms. The second-order valence-corrected chi connectivity index (χ2v) is 5.98. The number of aryl methyl sites for hydroxylation is 1. The molecule has 18 heavy (non-hydrogen) atoms. The largest absolute Gasteiger partial charge is 0.377 e. The molecule has 0 bridgehead atoms. The summed E-state index contributed by atoms with van der Waals surface area (Å²) in [7, 11) is 0. The maximum atomic E-state index is 14.0. The van der Waals surface area contributed by atoms with Gasteiger partial charge in [-0.3, -0.25) is 0 Å². The first-order valence-electron chi connectivity index (χ1n) is 6.63. The fourth-order valence-corrected chi connectivity index (χ4v) is 2.72. The molecule has 3 heteroatoms. The minimum Gasteiger partial charge on any atom is -0.377 e. The summed E-state index contributed by atoms with van der Waals surface area (Å²) in [6, 6.07) is 2.94. The predicted molar refractivity (Wildman–Crippen MR) is 70.8 cm³/mol. The first-order valence-corrected chi connectivity index (χ1v) is 6.63. The van der Waals surface area contributed by atoms with Gasteiger partial charge in [0.1, 0.15) is 11.5 Å². The molecule has 1 atom stereocenters. The van der Waals surface area contributed by atoms with Gasteiger partial charge in [-0.25, -0.2) is 8.78 Å². The van der Waals surface area contributed by atoms with Crippen LogP contribution in [0.25, 0.3) is 0 Å². The third kappa shape index (κ3) is 2.50. The number of hydrogen-bond acceptors (Lipinski definition) is 1. The first-order chi connectivity index (χ1) is 8.42. The van der Waals surface area contributed by atoms with Crippen LogP contribution in [0.2, 0.25) is 0 Å². The van der Waals surface area contributed by atoms with E-state index in [9.17, 15) is 8.78 Å². The van der Waals surface area contributed by atoms with Gasteiger partial charge in [-0.15, -0.1) is 0 Å². The van der Waals surface area contributed by atoms with E-state index in [2.05, 4.69) is 19.2 Å². The molecule has 0 aromatic heterocycles. The summed E-state index contributed by atoms with van der Waals surface area (Å²) in [5.74, 6) is -0.962. The average Bonchev–Trinajstić information content (AvgIpc) is 2.31. The number of halogens is 2. The molecule has 100 valence electrons. The van der Waals surface area contributed by atoms with E-state index in [1.807, 2.05) is 0 Å². The molecular formula is C15H21F2N. The van der Waals surface area contributed by atoms with E-state index in [1.54, 1.807) is 6.92 Å². The standard InChI is InChI=1S/C15H21F2N/c1-10-7-8-11(16)14(13(10)17)18-12-6-4-5-9-15(12,2)3/h7-8,12,18H,4-6,9H2,1-3H3. The van der Waals surface area contributed by atoms with Gasteiger partial charge in [0.2, 0.25) is 0 Å². The van der Waals surface area contributed by atoms with Crippen molar-refractivity contribution in [2.75, 3.05) is 5.32 Å². The van der Waals surface area contributed by atoms with Crippen LogP contribution >= 0.6 is 0 Å². The molecule has 1 aromatic rings. The Morgan fingerprint density at radius 3 is 2.61 bits per heavy atom. The van der Waals surface area contributed by atoms with Crippen molar-refractivity contribution in [1.82, 2.24) is 0 Å². The van der Waals surface area contributed by atoms with E-state index in [0.717, 1.165) is 19.3 Å². The molecule has 1 N–H and O–H groups in total. The third-order valence-electron chi connectivity index (χ3n) is 4.11. The number of hydrogen-bond donors (Lipinski definition) is 1. The Balaban J connectivity index is 2.26. The summed E-state index contributed by atoms with van der Waals surface area (Å²) in [6.45, 7) is 5.98. The smallest absolute Gasteiger partial charge is 0.152 e. The van der Waals surface area contributed by atoms with Crippen molar-refractivity contribution in [3.63, 3.8) is 0 Å². The highest BCUT2D eigenvalue weighted by atomic mass is 19.1. The van der Waals surface area contributed by atoms with Crippen LogP contribution in [-0.2, 0) is 0 Å². The number of nitrogens with one attached hydrogen (secondary N) is 1. The second kappa shape index (κ2) is 4.87. The summed E-state index contributed by atoms with van der Waals surface area (Å²) < 4.78 is 27.7. The second-order valence-electron chi connectivity index (χ2n) is 5.98. The number of anilines is 1. The fourth-order valence-electron chi connectivity index (χ4n) is 2.72. The van der Waals surface area contributed by atoms with E-state index in [4.69, 9.17) is 0 Å². The molecule has 0 radical (unpaired) electrons. The van der Waals surface area contributed by atoms with Gasteiger partial charge in [0.15, 0.2) is 5.82 Å². The zero-order valence-electron chi connectivity index (χ0n) is 11.3. The molecular weight excluding hydrogens is 232 g/mol. The van der Waals surface area contributed by atoms with Gasteiger partial charge < -0.3 is 5.32 Å². The van der Waals surface area contributed by atoms with Gasteiger partial charge in [-0.05, 0) is 36.8 Å². The van der Waals surface area contributed by atoms with Gasteiger partial charge in [-0.2, -0.15) is 0 Å². The molecule has 0 saturated heterocycles. The van der Waals surface area contributed by atoms with Gasteiger partial charge >= 0.3 is 0 Å². The number of rotatable bonds is 2. The third-order valence-corrected chi connectivity index (χ3v) is 4.11. The van der Waals surface area contributed by atoms with Crippen LogP contribution in [0, 0.1) is 24.0 Å². The Kier molecular flexibility index (Phi) is 3.60. The molecule has 0 aliphatic heterocycles. The minimum atomic E-state index is -0.500. The Labute approximate surface area is 108 Å². The maximum Gasteiger partial charge on any atom is 0.152 e. The molecule has 0 heterocycles. The molecule has 2 rings (SSSR count). The lowest BCUT2D eigenvalue weighted by Gasteiger charge is -2.39. The molecule has 1 unspecified atom stereocenters.